The van der Waals surface area contributed by atoms with Crippen molar-refractivity contribution in [3.05, 3.63) is 29.8 Å². The predicted molar refractivity (Wildman–Crippen MR) is 199 cm³/mol. The quantitative estimate of drug-likeness (QED) is 0.174. The molecule has 14 atom stereocenters. The number of benzene rings is 1. The lowest BCUT2D eigenvalue weighted by atomic mass is 9.73. The summed E-state index contributed by atoms with van der Waals surface area (Å²) in [6.45, 7) is 15.8. The van der Waals surface area contributed by atoms with Gasteiger partial charge in [-0.25, -0.2) is 0 Å². The monoisotopic (exact) mass is 735 g/mol. The lowest BCUT2D eigenvalue weighted by molar-refractivity contribution is -0.301. The van der Waals surface area contributed by atoms with E-state index in [1.54, 1.807) is 41.9 Å². The number of aliphatic hydroxyl groups is 4. The van der Waals surface area contributed by atoms with Crippen LogP contribution < -0.4 is 4.74 Å². The van der Waals surface area contributed by atoms with Gasteiger partial charge < -0.3 is 49.0 Å². The third-order valence-electron chi connectivity index (χ3n) is 11.4. The van der Waals surface area contributed by atoms with Gasteiger partial charge in [0.05, 0.1) is 48.8 Å². The van der Waals surface area contributed by atoms with Gasteiger partial charge in [0, 0.05) is 30.7 Å². The molecule has 296 valence electrons. The Kier molecular flexibility index (Phi) is 15.4. The summed E-state index contributed by atoms with van der Waals surface area (Å²) in [4.78, 5) is 15.6. The molecule has 0 spiro atoms. The van der Waals surface area contributed by atoms with E-state index in [9.17, 15) is 25.2 Å². The summed E-state index contributed by atoms with van der Waals surface area (Å²) >= 11 is 0. The molecule has 0 saturated carbocycles. The fourth-order valence-corrected chi connectivity index (χ4v) is 7.81. The second kappa shape index (κ2) is 18.2. The van der Waals surface area contributed by atoms with Gasteiger partial charge in [0.25, 0.3) is 0 Å². The third-order valence-corrected chi connectivity index (χ3v) is 11.4. The predicted octanol–water partition coefficient (Wildman–Crippen LogP) is 3.82. The Labute approximate surface area is 310 Å². The molecular weight excluding hydrogens is 670 g/mol. The number of esters is 1. The van der Waals surface area contributed by atoms with Crippen molar-refractivity contribution in [2.75, 3.05) is 28.3 Å². The van der Waals surface area contributed by atoms with Crippen molar-refractivity contribution in [3.8, 4) is 5.75 Å². The molecule has 1 aromatic carbocycles. The zero-order chi connectivity index (χ0) is 39.3. The Morgan fingerprint density at radius 3 is 2.15 bits per heavy atom. The van der Waals surface area contributed by atoms with Gasteiger partial charge in [0.15, 0.2) is 6.29 Å². The van der Waals surface area contributed by atoms with Crippen LogP contribution in [0.3, 0.4) is 0 Å². The van der Waals surface area contributed by atoms with E-state index in [0.29, 0.717) is 23.6 Å². The highest BCUT2D eigenvalue weighted by atomic mass is 16.7. The summed E-state index contributed by atoms with van der Waals surface area (Å²) in [5.41, 5.74) is -1.15. The Balaban J connectivity index is 2.21. The van der Waals surface area contributed by atoms with E-state index in [0.717, 1.165) is 5.56 Å². The Bertz CT molecular complexity index is 1370. The summed E-state index contributed by atoms with van der Waals surface area (Å²) in [5, 5.41) is 56.2. The summed E-state index contributed by atoms with van der Waals surface area (Å²) in [6.07, 6.45) is -5.99. The number of hydrogen-bond donors (Lipinski definition) is 4. The fraction of sp³-hybridized carbons (Fsp3) is 0.769. The molecule has 13 nitrogen and oxygen atoms in total. The van der Waals surface area contributed by atoms with Crippen LogP contribution >= 0.6 is 0 Å². The van der Waals surface area contributed by atoms with E-state index in [4.69, 9.17) is 28.8 Å². The van der Waals surface area contributed by atoms with Gasteiger partial charge in [-0.3, -0.25) is 4.79 Å². The number of ether oxygens (including phenoxy) is 5. The van der Waals surface area contributed by atoms with Crippen LogP contribution in [0.1, 0.15) is 87.1 Å². The Morgan fingerprint density at radius 1 is 1.00 bits per heavy atom. The largest absolute Gasteiger partial charge is 0.497 e. The molecule has 0 amide bonds. The van der Waals surface area contributed by atoms with Gasteiger partial charge in [-0.05, 0) is 104 Å². The number of hydrogen-bond acceptors (Lipinski definition) is 13. The van der Waals surface area contributed by atoms with E-state index in [2.05, 4.69) is 5.10 Å². The zero-order valence-electron chi connectivity index (χ0n) is 33.4. The molecule has 0 aliphatic carbocycles. The highest BCUT2D eigenvalue weighted by molar-refractivity contribution is 5.99. The van der Waals surface area contributed by atoms with Crippen LogP contribution in [-0.4, -0.2) is 131 Å². The maximum atomic E-state index is 13.6. The van der Waals surface area contributed by atoms with Crippen molar-refractivity contribution in [1.82, 2.24) is 4.90 Å². The molecular formula is C39H65N3O10. The van der Waals surface area contributed by atoms with Gasteiger partial charge in [-0.15, -0.1) is 0 Å². The number of carbonyl (C=O) groups excluding carboxylic acids is 1. The van der Waals surface area contributed by atoms with Crippen LogP contribution in [0.2, 0.25) is 0 Å². The number of aliphatic hydroxyl groups excluding tert-OH is 3. The van der Waals surface area contributed by atoms with E-state index < -0.39 is 77.7 Å². The van der Waals surface area contributed by atoms with Crippen molar-refractivity contribution in [2.45, 2.75) is 142 Å². The maximum absolute atomic E-state index is 13.6. The third kappa shape index (κ3) is 9.78. The first-order chi connectivity index (χ1) is 24.2. The lowest BCUT2D eigenvalue weighted by Gasteiger charge is -2.48. The van der Waals surface area contributed by atoms with Crippen LogP contribution in [0.4, 0.5) is 0 Å². The molecule has 13 heteroatoms. The molecule has 3 rings (SSSR count). The summed E-state index contributed by atoms with van der Waals surface area (Å²) in [7, 11) is 6.92. The Hall–Kier alpha value is -2.49. The van der Waals surface area contributed by atoms with E-state index in [1.165, 1.54) is 6.92 Å². The molecule has 2 fully saturated rings. The number of methoxy groups -OCH3 is 2. The molecule has 0 bridgehead atoms. The first-order valence-corrected chi connectivity index (χ1v) is 18.5. The number of cyclic esters (lactones) is 1. The van der Waals surface area contributed by atoms with Crippen LogP contribution in [0.5, 0.6) is 5.75 Å². The minimum absolute atomic E-state index is 0.202. The fourth-order valence-electron chi connectivity index (χ4n) is 7.81. The van der Waals surface area contributed by atoms with Crippen molar-refractivity contribution < 1.29 is 48.9 Å². The van der Waals surface area contributed by atoms with Crippen molar-refractivity contribution in [2.24, 2.45) is 33.9 Å². The molecule has 0 radical (unpaired) electrons. The second-order valence-corrected chi connectivity index (χ2v) is 15.6. The van der Waals surface area contributed by atoms with Gasteiger partial charge in [0.1, 0.15) is 23.6 Å². The van der Waals surface area contributed by atoms with Crippen LogP contribution in [0, 0.1) is 23.7 Å². The first-order valence-electron chi connectivity index (χ1n) is 18.5. The minimum atomic E-state index is -1.89. The lowest BCUT2D eigenvalue weighted by Crippen LogP contribution is -2.60. The van der Waals surface area contributed by atoms with Crippen LogP contribution in [-0.2, 0) is 23.7 Å². The molecule has 52 heavy (non-hydrogen) atoms. The van der Waals surface area contributed by atoms with Crippen molar-refractivity contribution in [3.63, 3.8) is 0 Å². The van der Waals surface area contributed by atoms with Crippen molar-refractivity contribution >= 4 is 17.4 Å². The molecule has 2 saturated heterocycles. The first kappa shape index (κ1) is 43.9. The Morgan fingerprint density at radius 2 is 1.62 bits per heavy atom. The zero-order valence-corrected chi connectivity index (χ0v) is 33.4. The second-order valence-electron chi connectivity index (χ2n) is 15.6. The topological polar surface area (TPSA) is 172 Å². The van der Waals surface area contributed by atoms with Gasteiger partial charge >= 0.3 is 5.97 Å². The van der Waals surface area contributed by atoms with Gasteiger partial charge in [-0.1, -0.05) is 27.7 Å². The maximum Gasteiger partial charge on any atom is 0.311 e. The van der Waals surface area contributed by atoms with Crippen LogP contribution in [0.25, 0.3) is 0 Å². The molecule has 2 aliphatic heterocycles. The summed E-state index contributed by atoms with van der Waals surface area (Å²) in [6, 6.07) is 7.16. The number of rotatable bonds is 8. The smallest absolute Gasteiger partial charge is 0.311 e. The van der Waals surface area contributed by atoms with Crippen molar-refractivity contribution in [1.29, 1.82) is 0 Å². The van der Waals surface area contributed by atoms with Gasteiger partial charge in [0.2, 0.25) is 0 Å². The number of carbonyl (C=O) groups is 1. The minimum Gasteiger partial charge on any atom is -0.497 e. The van der Waals surface area contributed by atoms with Gasteiger partial charge in [-0.2, -0.15) is 10.2 Å². The standard InChI is InChI=1S/C39H65N3O10/c1-14-30-39(9,47)34(45)23(4)31(41-40-26(7)27-15-17-28(48-12)18-16-27)21(2)20-38(8,49-13)35(24(5)32(43)25(6)36(46)51-30)52-37-33(44)29(42(10)11)19-22(3)50-37/h15-18,21-25,29-30,32-35,37,43-45,47H,14,19-20H2,1-13H3/b40-26+,41-31+/t21-,22?,23+,24+,25-,29?,30-,32?,33?,34-,35-,37?,38-,39-/m1/s1. The summed E-state index contributed by atoms with van der Waals surface area (Å²) in [5.74, 6) is -3.01. The molecule has 1 aromatic rings. The van der Waals surface area contributed by atoms with Crippen LogP contribution in [0.15, 0.2) is 34.5 Å². The number of nitrogens with zero attached hydrogens (tertiary/aromatic N) is 3. The highest BCUT2D eigenvalue weighted by Crippen LogP contribution is 2.39. The highest BCUT2D eigenvalue weighted by Gasteiger charge is 2.51. The SMILES string of the molecule is CC[C@H]1OC(=O)[C@H](C)C(O)[C@H](C)[C@@H](OC2OC(C)CC(N(C)C)C2O)[C@](C)(OC)C[C@@H](C)/C(=N\N=C(/C)c2ccc(OC)cc2)[C@H](C)[C@@H](O)[C@]1(C)O. The molecule has 0 aromatic heterocycles. The van der Waals surface area contributed by atoms with E-state index >= 15 is 0 Å². The average molecular weight is 736 g/mol. The molecule has 5 unspecified atom stereocenters. The normalized spacial score (nSPS) is 41.1. The molecule has 2 aliphatic rings. The number of likely N-dealkylation sites (N-methyl/N-ethyl adjacent to an activating group) is 1. The average Bonchev–Trinajstić information content (AvgIpc) is 3.11. The van der Waals surface area contributed by atoms with E-state index in [-0.39, 0.29) is 25.0 Å². The molecule has 2 heterocycles. The van der Waals surface area contributed by atoms with E-state index in [1.807, 2.05) is 71.0 Å². The summed E-state index contributed by atoms with van der Waals surface area (Å²) < 4.78 is 30.3. The molecule has 4 N–H and O–H groups in total.